The minimum Gasteiger partial charge on any atom is -0.444 e. The molecule has 0 spiro atoms. The van der Waals surface area contributed by atoms with Crippen molar-refractivity contribution in [1.82, 2.24) is 14.8 Å². The number of hydrogen-bond acceptors (Lipinski definition) is 5. The predicted octanol–water partition coefficient (Wildman–Crippen LogP) is 2.01. The second-order valence-electron chi connectivity index (χ2n) is 9.69. The Kier molecular flexibility index (Phi) is 5.51. The average molecular weight is 405 g/mol. The maximum Gasteiger partial charge on any atom is 0.496 e. The largest absolute Gasteiger partial charge is 0.496 e. The monoisotopic (exact) mass is 405 g/mol. The molecule has 1 aromatic rings. The molecule has 0 aliphatic carbocycles. The number of carbonyl (C=O) groups is 2. The lowest BCUT2D eigenvalue weighted by Crippen LogP contribution is -2.51. The number of aromatic amines is 1. The summed E-state index contributed by atoms with van der Waals surface area (Å²) in [5.41, 5.74) is -0.119. The van der Waals surface area contributed by atoms with Gasteiger partial charge in [-0.25, -0.2) is 4.79 Å². The molecule has 0 unspecified atom stereocenters. The van der Waals surface area contributed by atoms with Gasteiger partial charge in [-0.1, -0.05) is 0 Å². The maximum atomic E-state index is 12.9. The summed E-state index contributed by atoms with van der Waals surface area (Å²) in [4.78, 5) is 31.5. The average Bonchev–Trinajstić information content (AvgIpc) is 3.16. The number of piperazine rings is 1. The van der Waals surface area contributed by atoms with E-state index in [2.05, 4.69) is 4.98 Å². The lowest BCUT2D eigenvalue weighted by Gasteiger charge is -2.35. The number of carbonyl (C=O) groups excluding carboxylic acids is 2. The van der Waals surface area contributed by atoms with Crippen LogP contribution in [-0.4, -0.2) is 76.9 Å². The van der Waals surface area contributed by atoms with Crippen LogP contribution < -0.4 is 5.46 Å². The van der Waals surface area contributed by atoms with Crippen molar-refractivity contribution in [2.24, 2.45) is 0 Å². The van der Waals surface area contributed by atoms with Gasteiger partial charge in [-0.15, -0.1) is 0 Å². The van der Waals surface area contributed by atoms with Gasteiger partial charge in [0.2, 0.25) is 0 Å². The molecule has 0 aromatic carbocycles. The zero-order chi connectivity index (χ0) is 21.6. The van der Waals surface area contributed by atoms with Gasteiger partial charge < -0.3 is 28.8 Å². The molecule has 2 fully saturated rings. The summed E-state index contributed by atoms with van der Waals surface area (Å²) in [5.74, 6) is -0.100. The number of hydrogen-bond donors (Lipinski definition) is 1. The second kappa shape index (κ2) is 7.36. The Hall–Kier alpha value is -2.00. The molecule has 0 bridgehead atoms. The van der Waals surface area contributed by atoms with Gasteiger partial charge in [0.15, 0.2) is 0 Å². The highest BCUT2D eigenvalue weighted by Crippen LogP contribution is 2.36. The van der Waals surface area contributed by atoms with Crippen molar-refractivity contribution in [3.63, 3.8) is 0 Å². The van der Waals surface area contributed by atoms with E-state index in [1.54, 1.807) is 22.1 Å². The highest BCUT2D eigenvalue weighted by Gasteiger charge is 2.52. The molecule has 1 aromatic heterocycles. The minimum absolute atomic E-state index is 0.100. The van der Waals surface area contributed by atoms with Gasteiger partial charge in [-0.2, -0.15) is 0 Å². The topological polar surface area (TPSA) is 84.1 Å². The number of aromatic nitrogens is 1. The SMILES string of the molecule is CC(C)(C)OC(=O)N1CCN(C(=O)c2cc(B3OC(C)(C)C(C)(C)O3)c[nH]2)CC1. The van der Waals surface area contributed by atoms with Crippen LogP contribution in [-0.2, 0) is 14.0 Å². The molecule has 2 aliphatic rings. The lowest BCUT2D eigenvalue weighted by atomic mass is 9.81. The van der Waals surface area contributed by atoms with Crippen LogP contribution in [0.5, 0.6) is 0 Å². The summed E-state index contributed by atoms with van der Waals surface area (Å²) in [6.45, 7) is 15.3. The summed E-state index contributed by atoms with van der Waals surface area (Å²) >= 11 is 0. The Labute approximate surface area is 173 Å². The Bertz CT molecular complexity index is 759. The molecular formula is C20H32BN3O5. The van der Waals surface area contributed by atoms with Crippen molar-refractivity contribution < 1.29 is 23.6 Å². The zero-order valence-electron chi connectivity index (χ0n) is 18.5. The first-order valence-corrected chi connectivity index (χ1v) is 10.1. The molecule has 2 saturated heterocycles. The predicted molar refractivity (Wildman–Crippen MR) is 110 cm³/mol. The number of amides is 2. The van der Waals surface area contributed by atoms with E-state index < -0.39 is 23.9 Å². The fourth-order valence-electron chi connectivity index (χ4n) is 3.24. The van der Waals surface area contributed by atoms with E-state index in [-0.39, 0.29) is 12.0 Å². The second-order valence-corrected chi connectivity index (χ2v) is 9.69. The van der Waals surface area contributed by atoms with Crippen molar-refractivity contribution >= 4 is 24.6 Å². The number of nitrogens with zero attached hydrogens (tertiary/aromatic N) is 2. The molecule has 29 heavy (non-hydrogen) atoms. The quantitative estimate of drug-likeness (QED) is 0.761. The van der Waals surface area contributed by atoms with Crippen molar-refractivity contribution in [2.45, 2.75) is 65.3 Å². The number of rotatable bonds is 2. The molecule has 8 nitrogen and oxygen atoms in total. The van der Waals surface area contributed by atoms with Crippen LogP contribution in [0.2, 0.25) is 0 Å². The smallest absolute Gasteiger partial charge is 0.444 e. The summed E-state index contributed by atoms with van der Waals surface area (Å²) in [6, 6.07) is 1.78. The van der Waals surface area contributed by atoms with Gasteiger partial charge in [-0.05, 0) is 54.5 Å². The molecule has 2 aliphatic heterocycles. The molecule has 1 N–H and O–H groups in total. The first-order chi connectivity index (χ1) is 13.3. The van der Waals surface area contributed by atoms with Crippen LogP contribution >= 0.6 is 0 Å². The Morgan fingerprint density at radius 2 is 1.55 bits per heavy atom. The van der Waals surface area contributed by atoms with Gasteiger partial charge in [0.05, 0.1) is 11.2 Å². The van der Waals surface area contributed by atoms with E-state index in [1.807, 2.05) is 48.5 Å². The fraction of sp³-hybridized carbons (Fsp3) is 0.700. The zero-order valence-corrected chi connectivity index (χ0v) is 18.5. The van der Waals surface area contributed by atoms with Crippen LogP contribution in [0.4, 0.5) is 4.79 Å². The Balaban J connectivity index is 1.58. The highest BCUT2D eigenvalue weighted by molar-refractivity contribution is 6.62. The summed E-state index contributed by atoms with van der Waals surface area (Å²) in [5, 5.41) is 0. The van der Waals surface area contributed by atoms with Gasteiger partial charge in [0, 0.05) is 37.8 Å². The van der Waals surface area contributed by atoms with Crippen molar-refractivity contribution in [3.05, 3.63) is 18.0 Å². The van der Waals surface area contributed by atoms with Crippen LogP contribution in [0.25, 0.3) is 0 Å². The van der Waals surface area contributed by atoms with Crippen LogP contribution in [0.15, 0.2) is 12.3 Å². The molecule has 2 amide bonds. The summed E-state index contributed by atoms with van der Waals surface area (Å²) in [7, 11) is -0.512. The molecule has 3 rings (SSSR count). The van der Waals surface area contributed by atoms with E-state index >= 15 is 0 Å². The third kappa shape index (κ3) is 4.61. The van der Waals surface area contributed by atoms with E-state index in [9.17, 15) is 9.59 Å². The molecule has 3 heterocycles. The van der Waals surface area contributed by atoms with Gasteiger partial charge >= 0.3 is 13.2 Å². The maximum absolute atomic E-state index is 12.9. The number of nitrogens with one attached hydrogen (secondary N) is 1. The standard InChI is InChI=1S/C20H32BN3O5/c1-18(2,3)27-17(26)24-10-8-23(9-11-24)16(25)15-12-14(13-22-15)21-28-19(4,5)20(6,7)29-21/h12-13,22H,8-11H2,1-7H3. The van der Waals surface area contributed by atoms with Crippen molar-refractivity contribution in [3.8, 4) is 0 Å². The molecule has 160 valence electrons. The number of H-pyrrole nitrogens is 1. The summed E-state index contributed by atoms with van der Waals surface area (Å²) in [6.07, 6.45) is 1.42. The van der Waals surface area contributed by atoms with E-state index in [0.29, 0.717) is 31.9 Å². The fourth-order valence-corrected chi connectivity index (χ4v) is 3.24. The first kappa shape index (κ1) is 21.7. The molecule has 0 saturated carbocycles. The molecular weight excluding hydrogens is 373 g/mol. The number of ether oxygens (including phenoxy) is 1. The third-order valence-electron chi connectivity index (χ3n) is 5.68. The molecule has 0 radical (unpaired) electrons. The molecule has 0 atom stereocenters. The van der Waals surface area contributed by atoms with Crippen molar-refractivity contribution in [2.75, 3.05) is 26.2 Å². The Morgan fingerprint density at radius 3 is 2.07 bits per heavy atom. The normalized spacial score (nSPS) is 21.4. The lowest BCUT2D eigenvalue weighted by molar-refractivity contribution is 0.00578. The van der Waals surface area contributed by atoms with Gasteiger partial charge in [0.1, 0.15) is 11.3 Å². The highest BCUT2D eigenvalue weighted by atomic mass is 16.7. The van der Waals surface area contributed by atoms with Crippen LogP contribution in [0.3, 0.4) is 0 Å². The van der Waals surface area contributed by atoms with Gasteiger partial charge in [-0.3, -0.25) is 4.79 Å². The van der Waals surface area contributed by atoms with E-state index in [1.165, 1.54) is 0 Å². The summed E-state index contributed by atoms with van der Waals surface area (Å²) < 4.78 is 17.5. The van der Waals surface area contributed by atoms with E-state index in [0.717, 1.165) is 5.46 Å². The first-order valence-electron chi connectivity index (χ1n) is 10.1. The van der Waals surface area contributed by atoms with Gasteiger partial charge in [0.25, 0.3) is 5.91 Å². The minimum atomic E-state index is -0.530. The van der Waals surface area contributed by atoms with Crippen LogP contribution in [0, 0.1) is 0 Å². The van der Waals surface area contributed by atoms with Crippen LogP contribution in [0.1, 0.15) is 59.0 Å². The Morgan fingerprint density at radius 1 is 1.03 bits per heavy atom. The third-order valence-corrected chi connectivity index (χ3v) is 5.68. The van der Waals surface area contributed by atoms with E-state index in [4.69, 9.17) is 14.0 Å². The van der Waals surface area contributed by atoms with Crippen molar-refractivity contribution in [1.29, 1.82) is 0 Å². The molecule has 9 heteroatoms.